The minimum Gasteiger partial charge on any atom is -0.353 e. The van der Waals surface area contributed by atoms with E-state index in [1.54, 1.807) is 18.2 Å². The first-order valence-electron chi connectivity index (χ1n) is 9.53. The summed E-state index contributed by atoms with van der Waals surface area (Å²) >= 11 is 0. The molecule has 3 rings (SSSR count). The standard InChI is InChI=1S/C20H27N3O3/c1-14-8-9-16-17(12-14)20(26)23(19(16)25)13-18(24)22-11-10-21-15-6-4-2-3-5-7-15/h8-9,12,15,21H,2-7,10-11,13H2,1H3,(H,22,24). The van der Waals surface area contributed by atoms with Gasteiger partial charge in [-0.2, -0.15) is 0 Å². The summed E-state index contributed by atoms with van der Waals surface area (Å²) < 4.78 is 0. The summed E-state index contributed by atoms with van der Waals surface area (Å²) in [4.78, 5) is 37.9. The molecule has 2 aliphatic rings. The van der Waals surface area contributed by atoms with Gasteiger partial charge in [0.15, 0.2) is 0 Å². The number of imide groups is 1. The van der Waals surface area contributed by atoms with Crippen LogP contribution in [-0.2, 0) is 4.79 Å². The number of aryl methyl sites for hydroxylation is 1. The van der Waals surface area contributed by atoms with Crippen LogP contribution in [0.15, 0.2) is 18.2 Å². The summed E-state index contributed by atoms with van der Waals surface area (Å²) in [6, 6.07) is 5.69. The fourth-order valence-corrected chi connectivity index (χ4v) is 3.71. The molecule has 3 amide bonds. The van der Waals surface area contributed by atoms with E-state index in [4.69, 9.17) is 0 Å². The molecular formula is C20H27N3O3. The van der Waals surface area contributed by atoms with E-state index in [-0.39, 0.29) is 18.4 Å². The molecule has 0 unspecified atom stereocenters. The summed E-state index contributed by atoms with van der Waals surface area (Å²) in [5, 5.41) is 6.28. The largest absolute Gasteiger partial charge is 0.353 e. The molecule has 6 nitrogen and oxygen atoms in total. The molecule has 140 valence electrons. The van der Waals surface area contributed by atoms with Crippen molar-refractivity contribution >= 4 is 17.7 Å². The molecule has 0 spiro atoms. The van der Waals surface area contributed by atoms with Crippen LogP contribution in [0.4, 0.5) is 0 Å². The number of hydrogen-bond donors (Lipinski definition) is 2. The Labute approximate surface area is 154 Å². The van der Waals surface area contributed by atoms with Gasteiger partial charge in [-0.25, -0.2) is 0 Å². The Kier molecular flexibility index (Phi) is 6.04. The Morgan fingerprint density at radius 2 is 1.73 bits per heavy atom. The average Bonchev–Trinajstić information content (AvgIpc) is 2.81. The van der Waals surface area contributed by atoms with Crippen LogP contribution in [0.3, 0.4) is 0 Å². The van der Waals surface area contributed by atoms with Crippen molar-refractivity contribution in [3.8, 4) is 0 Å². The van der Waals surface area contributed by atoms with Gasteiger partial charge in [-0.1, -0.05) is 37.3 Å². The van der Waals surface area contributed by atoms with Crippen molar-refractivity contribution < 1.29 is 14.4 Å². The van der Waals surface area contributed by atoms with Crippen molar-refractivity contribution in [2.24, 2.45) is 0 Å². The second kappa shape index (κ2) is 8.45. The minimum absolute atomic E-state index is 0.227. The third-order valence-electron chi connectivity index (χ3n) is 5.16. The normalized spacial score (nSPS) is 18.0. The summed E-state index contributed by atoms with van der Waals surface area (Å²) in [6.45, 7) is 2.85. The second-order valence-corrected chi connectivity index (χ2v) is 7.24. The molecule has 1 aromatic carbocycles. The first kappa shape index (κ1) is 18.6. The first-order chi connectivity index (χ1) is 12.6. The van der Waals surface area contributed by atoms with Crippen molar-refractivity contribution in [2.45, 2.75) is 51.5 Å². The number of carbonyl (C=O) groups excluding carboxylic acids is 3. The molecule has 1 aromatic rings. The SMILES string of the molecule is Cc1ccc2c(c1)C(=O)N(CC(=O)NCCNC1CCCCCC1)C2=O. The van der Waals surface area contributed by atoms with Gasteiger partial charge in [0.2, 0.25) is 5.91 Å². The molecule has 0 bridgehead atoms. The molecule has 1 heterocycles. The van der Waals surface area contributed by atoms with Gasteiger partial charge in [0.25, 0.3) is 11.8 Å². The van der Waals surface area contributed by atoms with Gasteiger partial charge in [0.05, 0.1) is 11.1 Å². The number of fused-ring (bicyclic) bond motifs is 1. The zero-order valence-corrected chi connectivity index (χ0v) is 15.3. The number of benzene rings is 1. The number of amides is 3. The monoisotopic (exact) mass is 357 g/mol. The van der Waals surface area contributed by atoms with Crippen LogP contribution in [0.1, 0.15) is 64.8 Å². The first-order valence-corrected chi connectivity index (χ1v) is 9.53. The highest BCUT2D eigenvalue weighted by atomic mass is 16.2. The fourth-order valence-electron chi connectivity index (χ4n) is 3.71. The lowest BCUT2D eigenvalue weighted by atomic mass is 10.1. The fraction of sp³-hybridized carbons (Fsp3) is 0.550. The maximum Gasteiger partial charge on any atom is 0.262 e. The third kappa shape index (κ3) is 4.30. The molecule has 2 N–H and O–H groups in total. The molecule has 1 fully saturated rings. The lowest BCUT2D eigenvalue weighted by Crippen LogP contribution is -2.43. The predicted octanol–water partition coefficient (Wildman–Crippen LogP) is 2.02. The highest BCUT2D eigenvalue weighted by Gasteiger charge is 2.36. The van der Waals surface area contributed by atoms with Gasteiger partial charge >= 0.3 is 0 Å². The Hall–Kier alpha value is -2.21. The summed E-state index contributed by atoms with van der Waals surface area (Å²) in [6.07, 6.45) is 7.56. The van der Waals surface area contributed by atoms with E-state index in [0.717, 1.165) is 10.5 Å². The molecule has 0 aromatic heterocycles. The van der Waals surface area contributed by atoms with Gasteiger partial charge in [-0.05, 0) is 31.9 Å². The van der Waals surface area contributed by atoms with Crippen molar-refractivity contribution in [3.05, 3.63) is 34.9 Å². The maximum atomic E-state index is 12.4. The summed E-state index contributed by atoms with van der Waals surface area (Å²) in [7, 11) is 0. The molecule has 1 aliphatic carbocycles. The zero-order chi connectivity index (χ0) is 18.5. The van der Waals surface area contributed by atoms with E-state index in [0.29, 0.717) is 30.3 Å². The van der Waals surface area contributed by atoms with Crippen molar-refractivity contribution in [3.63, 3.8) is 0 Å². The summed E-state index contributed by atoms with van der Waals surface area (Å²) in [5.41, 5.74) is 1.68. The average molecular weight is 357 g/mol. The lowest BCUT2D eigenvalue weighted by Gasteiger charge is -2.17. The predicted molar refractivity (Wildman–Crippen MR) is 99.0 cm³/mol. The van der Waals surface area contributed by atoms with E-state index >= 15 is 0 Å². The lowest BCUT2D eigenvalue weighted by molar-refractivity contribution is -0.121. The van der Waals surface area contributed by atoms with E-state index in [9.17, 15) is 14.4 Å². The van der Waals surface area contributed by atoms with Gasteiger partial charge in [0, 0.05) is 19.1 Å². The van der Waals surface area contributed by atoms with Gasteiger partial charge in [-0.3, -0.25) is 19.3 Å². The Balaban J connectivity index is 1.44. The van der Waals surface area contributed by atoms with Gasteiger partial charge in [0.1, 0.15) is 6.54 Å². The van der Waals surface area contributed by atoms with Crippen LogP contribution in [0.25, 0.3) is 0 Å². The summed E-state index contributed by atoms with van der Waals surface area (Å²) in [5.74, 6) is -1.09. The van der Waals surface area contributed by atoms with E-state index in [1.165, 1.54) is 38.5 Å². The van der Waals surface area contributed by atoms with Crippen molar-refractivity contribution in [1.82, 2.24) is 15.5 Å². The molecule has 0 radical (unpaired) electrons. The second-order valence-electron chi connectivity index (χ2n) is 7.24. The van der Waals surface area contributed by atoms with Crippen molar-refractivity contribution in [1.29, 1.82) is 0 Å². The third-order valence-corrected chi connectivity index (χ3v) is 5.16. The molecule has 0 saturated heterocycles. The van der Waals surface area contributed by atoms with Crippen LogP contribution in [0.2, 0.25) is 0 Å². The Morgan fingerprint density at radius 1 is 1.04 bits per heavy atom. The molecule has 1 aliphatic heterocycles. The van der Waals surface area contributed by atoms with Crippen LogP contribution in [0, 0.1) is 6.92 Å². The molecule has 6 heteroatoms. The topological polar surface area (TPSA) is 78.5 Å². The highest BCUT2D eigenvalue weighted by molar-refractivity contribution is 6.22. The minimum atomic E-state index is -0.392. The number of nitrogens with one attached hydrogen (secondary N) is 2. The van der Waals surface area contributed by atoms with Crippen LogP contribution >= 0.6 is 0 Å². The molecule has 26 heavy (non-hydrogen) atoms. The molecular weight excluding hydrogens is 330 g/mol. The maximum absolute atomic E-state index is 12.4. The number of rotatable bonds is 6. The van der Waals surface area contributed by atoms with Crippen LogP contribution in [-0.4, -0.2) is 48.3 Å². The van der Waals surface area contributed by atoms with E-state index in [1.807, 2.05) is 6.92 Å². The molecule has 1 saturated carbocycles. The zero-order valence-electron chi connectivity index (χ0n) is 15.3. The van der Waals surface area contributed by atoms with E-state index < -0.39 is 5.91 Å². The number of carbonyl (C=O) groups is 3. The van der Waals surface area contributed by atoms with Gasteiger partial charge in [-0.15, -0.1) is 0 Å². The van der Waals surface area contributed by atoms with Crippen LogP contribution < -0.4 is 10.6 Å². The Morgan fingerprint density at radius 3 is 2.46 bits per heavy atom. The van der Waals surface area contributed by atoms with Crippen LogP contribution in [0.5, 0.6) is 0 Å². The quantitative estimate of drug-likeness (QED) is 0.464. The smallest absolute Gasteiger partial charge is 0.262 e. The Bertz CT molecular complexity index is 694. The van der Waals surface area contributed by atoms with Crippen molar-refractivity contribution in [2.75, 3.05) is 19.6 Å². The molecule has 0 atom stereocenters. The number of hydrogen-bond acceptors (Lipinski definition) is 4. The van der Waals surface area contributed by atoms with E-state index in [2.05, 4.69) is 10.6 Å². The highest BCUT2D eigenvalue weighted by Crippen LogP contribution is 2.23. The number of nitrogens with zero attached hydrogens (tertiary/aromatic N) is 1. The van der Waals surface area contributed by atoms with Gasteiger partial charge < -0.3 is 10.6 Å².